The molecule has 0 amide bonds. The Kier molecular flexibility index (Phi) is 5.47. The molecule has 5 aromatic rings. The molecular weight excluding hydrogens is 485 g/mol. The third-order valence-corrected chi connectivity index (χ3v) is 7.00. The fourth-order valence-corrected chi connectivity index (χ4v) is 5.14. The molecule has 35 heavy (non-hydrogen) atoms. The van der Waals surface area contributed by atoms with Crippen molar-refractivity contribution in [3.05, 3.63) is 72.2 Å². The maximum atomic E-state index is 15.5. The molecular formula is C22H15F3N6O3S. The first-order valence-electron chi connectivity index (χ1n) is 10.0. The van der Waals surface area contributed by atoms with Crippen LogP contribution in [0.15, 0.2) is 54.1 Å². The predicted molar refractivity (Wildman–Crippen MR) is 118 cm³/mol. The summed E-state index contributed by atoms with van der Waals surface area (Å²) in [5.74, 6) is -3.93. The van der Waals surface area contributed by atoms with Gasteiger partial charge in [-0.3, -0.25) is 5.10 Å². The number of fused-ring (bicyclic) bond motifs is 1. The van der Waals surface area contributed by atoms with Crippen LogP contribution in [0.5, 0.6) is 5.88 Å². The van der Waals surface area contributed by atoms with Crippen molar-refractivity contribution in [3.63, 3.8) is 0 Å². The van der Waals surface area contributed by atoms with E-state index in [1.54, 1.807) is 6.20 Å². The van der Waals surface area contributed by atoms with Crippen LogP contribution < -0.4 is 4.74 Å². The molecule has 0 spiro atoms. The van der Waals surface area contributed by atoms with E-state index in [1.807, 2.05) is 0 Å². The van der Waals surface area contributed by atoms with Crippen LogP contribution in [0, 0.1) is 17.5 Å². The Hall–Kier alpha value is -4.26. The first kappa shape index (κ1) is 22.5. The van der Waals surface area contributed by atoms with Gasteiger partial charge in [-0.05, 0) is 12.1 Å². The molecule has 5 rings (SSSR count). The normalized spacial score (nSPS) is 11.8. The fourth-order valence-electron chi connectivity index (χ4n) is 3.73. The number of methoxy groups -OCH3 is 1. The van der Waals surface area contributed by atoms with Gasteiger partial charge in [-0.15, -0.1) is 0 Å². The molecule has 2 N–H and O–H groups in total. The Morgan fingerprint density at radius 1 is 1.06 bits per heavy atom. The lowest BCUT2D eigenvalue weighted by Gasteiger charge is -2.12. The number of benzene rings is 2. The fraction of sp³-hybridized carbons (Fsp3) is 0.0909. The Morgan fingerprint density at radius 3 is 2.63 bits per heavy atom. The molecule has 0 unspecified atom stereocenters. The van der Waals surface area contributed by atoms with Gasteiger partial charge >= 0.3 is 0 Å². The van der Waals surface area contributed by atoms with Crippen molar-refractivity contribution < 1.29 is 26.3 Å². The van der Waals surface area contributed by atoms with E-state index in [0.717, 1.165) is 24.7 Å². The van der Waals surface area contributed by atoms with E-state index < -0.39 is 44.2 Å². The van der Waals surface area contributed by atoms with Crippen LogP contribution >= 0.6 is 0 Å². The van der Waals surface area contributed by atoms with Crippen LogP contribution in [0.4, 0.5) is 13.2 Å². The van der Waals surface area contributed by atoms with Gasteiger partial charge in [0.15, 0.2) is 21.5 Å². The van der Waals surface area contributed by atoms with Gasteiger partial charge in [0.1, 0.15) is 34.1 Å². The molecule has 0 radical (unpaired) electrons. The van der Waals surface area contributed by atoms with Crippen LogP contribution in [0.2, 0.25) is 0 Å². The van der Waals surface area contributed by atoms with Gasteiger partial charge in [-0.2, -0.15) is 5.10 Å². The van der Waals surface area contributed by atoms with E-state index in [4.69, 9.17) is 4.74 Å². The zero-order valence-electron chi connectivity index (χ0n) is 17.9. The van der Waals surface area contributed by atoms with Gasteiger partial charge < -0.3 is 9.72 Å². The summed E-state index contributed by atoms with van der Waals surface area (Å²) in [6, 6.07) is 4.52. The molecule has 0 aliphatic carbocycles. The van der Waals surface area contributed by atoms with Crippen LogP contribution in [-0.2, 0) is 15.6 Å². The first-order chi connectivity index (χ1) is 16.8. The molecule has 13 heteroatoms. The van der Waals surface area contributed by atoms with Gasteiger partial charge in [-0.1, -0.05) is 12.1 Å². The summed E-state index contributed by atoms with van der Waals surface area (Å²) in [6.07, 6.45) is 5.20. The number of aromatic nitrogens is 6. The number of halogens is 3. The molecule has 0 bridgehead atoms. The highest BCUT2D eigenvalue weighted by Gasteiger charge is 2.27. The van der Waals surface area contributed by atoms with Crippen molar-refractivity contribution in [2.45, 2.75) is 10.6 Å². The molecule has 3 aromatic heterocycles. The van der Waals surface area contributed by atoms with Crippen LogP contribution in [0.3, 0.4) is 0 Å². The van der Waals surface area contributed by atoms with Gasteiger partial charge in [0.2, 0.25) is 5.88 Å². The van der Waals surface area contributed by atoms with Crippen molar-refractivity contribution in [1.82, 2.24) is 30.1 Å². The topological polar surface area (TPSA) is 127 Å². The highest BCUT2D eigenvalue weighted by molar-refractivity contribution is 7.90. The number of aromatic amines is 2. The summed E-state index contributed by atoms with van der Waals surface area (Å²) in [6.45, 7) is 0. The molecule has 0 fully saturated rings. The average Bonchev–Trinajstić information content (AvgIpc) is 3.52. The second-order valence-electron chi connectivity index (χ2n) is 7.41. The van der Waals surface area contributed by atoms with Crippen LogP contribution in [0.1, 0.15) is 5.56 Å². The minimum atomic E-state index is -4.19. The van der Waals surface area contributed by atoms with Crippen molar-refractivity contribution in [3.8, 4) is 28.5 Å². The largest absolute Gasteiger partial charge is 0.480 e. The number of nitrogens with one attached hydrogen (secondary N) is 2. The van der Waals surface area contributed by atoms with E-state index in [1.165, 1.54) is 25.4 Å². The van der Waals surface area contributed by atoms with Crippen molar-refractivity contribution in [2.75, 3.05) is 7.11 Å². The number of H-pyrrole nitrogens is 2. The van der Waals surface area contributed by atoms with E-state index in [-0.39, 0.29) is 21.9 Å². The number of hydrogen-bond acceptors (Lipinski definition) is 7. The van der Waals surface area contributed by atoms with E-state index in [0.29, 0.717) is 16.9 Å². The third-order valence-electron chi connectivity index (χ3n) is 5.36. The lowest BCUT2D eigenvalue weighted by Crippen LogP contribution is -2.10. The summed E-state index contributed by atoms with van der Waals surface area (Å²) in [7, 11) is -2.97. The minimum absolute atomic E-state index is 0.156. The third kappa shape index (κ3) is 3.79. The van der Waals surface area contributed by atoms with Gasteiger partial charge in [0, 0.05) is 28.9 Å². The predicted octanol–water partition coefficient (Wildman–Crippen LogP) is 3.81. The first-order valence-corrected chi connectivity index (χ1v) is 11.7. The SMILES string of the molecule is COc1ncncc1S(=O)(=O)Cc1ccc(F)c(-c2ccc3c(-c4ncc[nH]4)[nH]nc3c2F)c1F. The smallest absolute Gasteiger partial charge is 0.235 e. The van der Waals surface area contributed by atoms with E-state index in [2.05, 4.69) is 30.1 Å². The number of ether oxygens (including phenoxy) is 1. The molecule has 3 heterocycles. The van der Waals surface area contributed by atoms with Crippen LogP contribution in [-0.4, -0.2) is 45.7 Å². The Bertz CT molecular complexity index is 1670. The minimum Gasteiger partial charge on any atom is -0.480 e. The maximum Gasteiger partial charge on any atom is 0.235 e. The van der Waals surface area contributed by atoms with Crippen molar-refractivity contribution in [2.24, 2.45) is 0 Å². The number of hydrogen-bond donors (Lipinski definition) is 2. The lowest BCUT2D eigenvalue weighted by atomic mass is 9.99. The van der Waals surface area contributed by atoms with Crippen molar-refractivity contribution >= 4 is 20.7 Å². The lowest BCUT2D eigenvalue weighted by molar-refractivity contribution is 0.383. The molecule has 9 nitrogen and oxygen atoms in total. The summed E-state index contributed by atoms with van der Waals surface area (Å²) >= 11 is 0. The Balaban J connectivity index is 1.60. The quantitative estimate of drug-likeness (QED) is 0.363. The molecule has 0 saturated heterocycles. The zero-order chi connectivity index (χ0) is 24.7. The monoisotopic (exact) mass is 500 g/mol. The summed E-state index contributed by atoms with van der Waals surface area (Å²) in [5, 5.41) is 6.94. The second-order valence-corrected chi connectivity index (χ2v) is 9.37. The summed E-state index contributed by atoms with van der Waals surface area (Å²) in [4.78, 5) is 14.0. The molecule has 2 aromatic carbocycles. The Labute approximate surface area is 196 Å². The molecule has 0 saturated carbocycles. The average molecular weight is 500 g/mol. The highest BCUT2D eigenvalue weighted by Crippen LogP contribution is 2.36. The van der Waals surface area contributed by atoms with Gasteiger partial charge in [0.05, 0.1) is 24.6 Å². The van der Waals surface area contributed by atoms with Crippen LogP contribution in [0.25, 0.3) is 33.5 Å². The van der Waals surface area contributed by atoms with Crippen molar-refractivity contribution in [1.29, 1.82) is 0 Å². The highest BCUT2D eigenvalue weighted by atomic mass is 32.2. The molecule has 178 valence electrons. The number of sulfone groups is 1. The molecule has 0 atom stereocenters. The van der Waals surface area contributed by atoms with E-state index >= 15 is 8.78 Å². The standard InChI is InChI=1S/C22H15F3N6O3S/c1-34-22-15(8-26-10-29-22)35(32,33)9-11-2-5-14(23)16(17(11)24)12-3-4-13-19(18(12)25)30-31-20(13)21-27-6-7-28-21/h2-8,10H,9H2,1H3,(H,27,28)(H,30,31). The molecule has 0 aliphatic rings. The second kappa shape index (κ2) is 8.51. The van der Waals surface area contributed by atoms with E-state index in [9.17, 15) is 12.8 Å². The van der Waals surface area contributed by atoms with Gasteiger partial charge in [0.25, 0.3) is 0 Å². The zero-order valence-corrected chi connectivity index (χ0v) is 18.7. The maximum absolute atomic E-state index is 15.5. The number of nitrogens with zero attached hydrogens (tertiary/aromatic N) is 4. The number of rotatable bonds is 6. The summed E-state index contributed by atoms with van der Waals surface area (Å²) in [5.41, 5.74) is -1.25. The molecule has 0 aliphatic heterocycles. The summed E-state index contributed by atoms with van der Waals surface area (Å²) < 4.78 is 76.4. The Morgan fingerprint density at radius 2 is 1.89 bits per heavy atom. The van der Waals surface area contributed by atoms with Gasteiger partial charge in [-0.25, -0.2) is 36.5 Å². The number of imidazole rings is 1.